The van der Waals surface area contributed by atoms with E-state index in [1.807, 2.05) is 0 Å². The number of carbonyl (C=O) groups excluding carboxylic acids is 1. The highest BCUT2D eigenvalue weighted by atomic mass is 16.5. The summed E-state index contributed by atoms with van der Waals surface area (Å²) in [6.07, 6.45) is 5.16. The summed E-state index contributed by atoms with van der Waals surface area (Å²) in [5.74, 6) is 0.763. The van der Waals surface area contributed by atoms with Gasteiger partial charge < -0.3 is 20.3 Å². The van der Waals surface area contributed by atoms with Crippen LogP contribution in [0.3, 0.4) is 0 Å². The standard InChI is InChI=1S/C14H27N3O2/c1-17-12-3-4-13(17)8-11(7-12)9-16-14(18)10-15-5-6-19-2/h11-13,15H,3-10H2,1-2H3,(H,16,18). The zero-order valence-corrected chi connectivity index (χ0v) is 12.2. The summed E-state index contributed by atoms with van der Waals surface area (Å²) < 4.78 is 4.92. The molecule has 5 heteroatoms. The third-order valence-corrected chi connectivity index (χ3v) is 4.55. The van der Waals surface area contributed by atoms with Crippen LogP contribution in [0.15, 0.2) is 0 Å². The van der Waals surface area contributed by atoms with Crippen molar-refractivity contribution in [2.45, 2.75) is 37.8 Å². The number of amides is 1. The van der Waals surface area contributed by atoms with Gasteiger partial charge in [0.25, 0.3) is 0 Å². The zero-order chi connectivity index (χ0) is 13.7. The Bertz CT molecular complexity index is 284. The van der Waals surface area contributed by atoms with Crippen LogP contribution in [0.25, 0.3) is 0 Å². The molecular formula is C14H27N3O2. The molecule has 2 heterocycles. The summed E-state index contributed by atoms with van der Waals surface area (Å²) in [5, 5.41) is 6.12. The Balaban J connectivity index is 1.59. The van der Waals surface area contributed by atoms with Crippen molar-refractivity contribution in [1.29, 1.82) is 0 Å². The van der Waals surface area contributed by atoms with Crippen molar-refractivity contribution in [3.63, 3.8) is 0 Å². The fourth-order valence-corrected chi connectivity index (χ4v) is 3.39. The van der Waals surface area contributed by atoms with Crippen molar-refractivity contribution in [3.05, 3.63) is 0 Å². The van der Waals surface area contributed by atoms with E-state index in [1.54, 1.807) is 7.11 Å². The summed E-state index contributed by atoms with van der Waals surface area (Å²) in [6.45, 7) is 2.60. The van der Waals surface area contributed by atoms with Crippen molar-refractivity contribution in [2.24, 2.45) is 5.92 Å². The van der Waals surface area contributed by atoms with Gasteiger partial charge in [-0.1, -0.05) is 0 Å². The summed E-state index contributed by atoms with van der Waals surface area (Å²) in [6, 6.07) is 1.50. The van der Waals surface area contributed by atoms with Gasteiger partial charge in [-0.2, -0.15) is 0 Å². The monoisotopic (exact) mass is 269 g/mol. The first-order valence-electron chi connectivity index (χ1n) is 7.39. The molecule has 2 bridgehead atoms. The van der Waals surface area contributed by atoms with Crippen molar-refractivity contribution in [1.82, 2.24) is 15.5 Å². The van der Waals surface area contributed by atoms with Gasteiger partial charge in [-0.05, 0) is 38.6 Å². The molecule has 0 aromatic heterocycles. The normalized spacial score (nSPS) is 30.5. The minimum Gasteiger partial charge on any atom is -0.383 e. The molecule has 2 unspecified atom stereocenters. The van der Waals surface area contributed by atoms with E-state index < -0.39 is 0 Å². The molecule has 2 rings (SSSR count). The van der Waals surface area contributed by atoms with Gasteiger partial charge in [0.1, 0.15) is 0 Å². The topological polar surface area (TPSA) is 53.6 Å². The maximum atomic E-state index is 11.7. The first-order valence-corrected chi connectivity index (χ1v) is 7.39. The van der Waals surface area contributed by atoms with Crippen LogP contribution in [0.5, 0.6) is 0 Å². The zero-order valence-electron chi connectivity index (χ0n) is 12.2. The van der Waals surface area contributed by atoms with Crippen molar-refractivity contribution >= 4 is 5.91 Å². The summed E-state index contributed by atoms with van der Waals surface area (Å²) in [7, 11) is 3.91. The maximum absolute atomic E-state index is 11.7. The highest BCUT2D eigenvalue weighted by molar-refractivity contribution is 5.77. The van der Waals surface area contributed by atoms with E-state index in [0.29, 0.717) is 19.1 Å². The summed E-state index contributed by atoms with van der Waals surface area (Å²) >= 11 is 0. The van der Waals surface area contributed by atoms with Crippen LogP contribution in [0.4, 0.5) is 0 Å². The molecular weight excluding hydrogens is 242 g/mol. The highest BCUT2D eigenvalue weighted by Crippen LogP contribution is 2.36. The molecule has 2 N–H and O–H groups in total. The maximum Gasteiger partial charge on any atom is 0.233 e. The molecule has 2 fully saturated rings. The van der Waals surface area contributed by atoms with E-state index in [9.17, 15) is 4.79 Å². The molecule has 2 aliphatic heterocycles. The Morgan fingerprint density at radius 2 is 2.00 bits per heavy atom. The molecule has 0 spiro atoms. The number of piperidine rings is 1. The van der Waals surface area contributed by atoms with Gasteiger partial charge in [0.05, 0.1) is 13.2 Å². The number of hydrogen-bond acceptors (Lipinski definition) is 4. The predicted molar refractivity (Wildman–Crippen MR) is 75.1 cm³/mol. The molecule has 2 atom stereocenters. The second-order valence-corrected chi connectivity index (χ2v) is 5.86. The first-order chi connectivity index (χ1) is 9.20. The lowest BCUT2D eigenvalue weighted by Gasteiger charge is -2.36. The number of fused-ring (bicyclic) bond motifs is 2. The van der Waals surface area contributed by atoms with Crippen LogP contribution in [0.1, 0.15) is 25.7 Å². The number of nitrogens with zero attached hydrogens (tertiary/aromatic N) is 1. The van der Waals surface area contributed by atoms with Crippen LogP contribution >= 0.6 is 0 Å². The van der Waals surface area contributed by atoms with E-state index in [4.69, 9.17) is 4.74 Å². The minimum absolute atomic E-state index is 0.0994. The van der Waals surface area contributed by atoms with Gasteiger partial charge in [-0.15, -0.1) is 0 Å². The molecule has 1 amide bonds. The second kappa shape index (κ2) is 7.22. The van der Waals surface area contributed by atoms with Crippen LogP contribution in [-0.2, 0) is 9.53 Å². The largest absolute Gasteiger partial charge is 0.383 e. The van der Waals surface area contributed by atoms with Crippen molar-refractivity contribution in [3.8, 4) is 0 Å². The molecule has 2 saturated heterocycles. The number of nitrogens with one attached hydrogen (secondary N) is 2. The van der Waals surface area contributed by atoms with Gasteiger partial charge in [-0.25, -0.2) is 0 Å². The molecule has 2 aliphatic rings. The Kier molecular flexibility index (Phi) is 5.60. The molecule has 0 radical (unpaired) electrons. The quantitative estimate of drug-likeness (QED) is 0.649. The number of ether oxygens (including phenoxy) is 1. The fraction of sp³-hybridized carbons (Fsp3) is 0.929. The van der Waals surface area contributed by atoms with Crippen LogP contribution in [-0.4, -0.2) is 63.3 Å². The minimum atomic E-state index is 0.0994. The van der Waals surface area contributed by atoms with Crippen LogP contribution < -0.4 is 10.6 Å². The average Bonchev–Trinajstić information content (AvgIpc) is 2.65. The molecule has 0 aromatic carbocycles. The van der Waals surface area contributed by atoms with Gasteiger partial charge >= 0.3 is 0 Å². The van der Waals surface area contributed by atoms with Gasteiger partial charge in [0, 0.05) is 32.3 Å². The third kappa shape index (κ3) is 4.16. The van der Waals surface area contributed by atoms with Gasteiger partial charge in [0.15, 0.2) is 0 Å². The summed E-state index contributed by atoms with van der Waals surface area (Å²) in [5.41, 5.74) is 0. The molecule has 19 heavy (non-hydrogen) atoms. The average molecular weight is 269 g/mol. The van der Waals surface area contributed by atoms with E-state index in [-0.39, 0.29) is 5.91 Å². The predicted octanol–water partition coefficient (Wildman–Crippen LogP) is 0.211. The van der Waals surface area contributed by atoms with Crippen molar-refractivity contribution < 1.29 is 9.53 Å². The van der Waals surface area contributed by atoms with Crippen molar-refractivity contribution in [2.75, 3.05) is 40.4 Å². The van der Waals surface area contributed by atoms with Crippen LogP contribution in [0, 0.1) is 5.92 Å². The Hall–Kier alpha value is -0.650. The summed E-state index contributed by atoms with van der Waals surface area (Å²) in [4.78, 5) is 14.2. The van der Waals surface area contributed by atoms with Crippen LogP contribution in [0.2, 0.25) is 0 Å². The second-order valence-electron chi connectivity index (χ2n) is 5.86. The molecule has 0 saturated carbocycles. The Morgan fingerprint density at radius 3 is 2.63 bits per heavy atom. The number of rotatable bonds is 7. The lowest BCUT2D eigenvalue weighted by Crippen LogP contribution is -2.44. The lowest BCUT2D eigenvalue weighted by atomic mass is 9.91. The fourth-order valence-electron chi connectivity index (χ4n) is 3.39. The van der Waals surface area contributed by atoms with E-state index in [0.717, 1.165) is 25.2 Å². The Labute approximate surface area is 116 Å². The molecule has 110 valence electrons. The number of carbonyl (C=O) groups is 1. The first kappa shape index (κ1) is 14.8. The molecule has 0 aliphatic carbocycles. The number of hydrogen-bond donors (Lipinski definition) is 2. The van der Waals surface area contributed by atoms with Gasteiger partial charge in [0.2, 0.25) is 5.91 Å². The van der Waals surface area contributed by atoms with E-state index in [2.05, 4.69) is 22.6 Å². The molecule has 5 nitrogen and oxygen atoms in total. The Morgan fingerprint density at radius 1 is 1.32 bits per heavy atom. The molecule has 0 aromatic rings. The lowest BCUT2D eigenvalue weighted by molar-refractivity contribution is -0.120. The van der Waals surface area contributed by atoms with Gasteiger partial charge in [-0.3, -0.25) is 4.79 Å². The third-order valence-electron chi connectivity index (χ3n) is 4.55. The van der Waals surface area contributed by atoms with E-state index >= 15 is 0 Å². The number of methoxy groups -OCH3 is 1. The SMILES string of the molecule is COCCNCC(=O)NCC1CC2CCC(C1)N2C. The smallest absolute Gasteiger partial charge is 0.233 e. The van der Waals surface area contributed by atoms with E-state index in [1.165, 1.54) is 25.7 Å². The highest BCUT2D eigenvalue weighted by Gasteiger charge is 2.38.